The zero-order chi connectivity index (χ0) is 20.1. The summed E-state index contributed by atoms with van der Waals surface area (Å²) in [6.45, 7) is 0.477. The molecule has 1 aliphatic rings. The van der Waals surface area contributed by atoms with Crippen LogP contribution in [0.5, 0.6) is 0 Å². The van der Waals surface area contributed by atoms with Crippen molar-refractivity contribution in [3.8, 4) is 10.4 Å². The zero-order valence-electron chi connectivity index (χ0n) is 16.4. The number of nitrogens with two attached hydrogens (primary N) is 1. The standard InChI is InChI=1S/C23H26N4OS/c24-20-13-18(27-23(28)26-14-16-7-3-1-4-8-16)11-12-19(20)21-15-25-22(29-21)17-9-5-2-6-10-17/h1,3-4,7-8,11-13,15,17H,2,5-6,9-10,14,24H2,(H2,26,27,28). The van der Waals surface area contributed by atoms with E-state index in [1.54, 1.807) is 17.4 Å². The maximum absolute atomic E-state index is 12.2. The van der Waals surface area contributed by atoms with Crippen molar-refractivity contribution in [1.29, 1.82) is 0 Å². The lowest BCUT2D eigenvalue weighted by molar-refractivity contribution is 0.251. The molecule has 0 unspecified atom stereocenters. The first-order valence-corrected chi connectivity index (χ1v) is 10.9. The molecular weight excluding hydrogens is 380 g/mol. The van der Waals surface area contributed by atoms with Crippen molar-refractivity contribution in [1.82, 2.24) is 10.3 Å². The summed E-state index contributed by atoms with van der Waals surface area (Å²) in [5.41, 5.74) is 9.63. The number of nitrogens with one attached hydrogen (secondary N) is 2. The highest BCUT2D eigenvalue weighted by Crippen LogP contribution is 2.39. The Hall–Kier alpha value is -2.86. The summed E-state index contributed by atoms with van der Waals surface area (Å²) >= 11 is 1.74. The number of urea groups is 1. The number of anilines is 2. The van der Waals surface area contributed by atoms with Gasteiger partial charge in [-0.3, -0.25) is 0 Å². The zero-order valence-corrected chi connectivity index (χ0v) is 17.2. The highest BCUT2D eigenvalue weighted by atomic mass is 32.1. The van der Waals surface area contributed by atoms with Crippen molar-refractivity contribution in [2.75, 3.05) is 11.1 Å². The van der Waals surface area contributed by atoms with Gasteiger partial charge in [0, 0.05) is 35.6 Å². The third-order valence-electron chi connectivity index (χ3n) is 5.35. The largest absolute Gasteiger partial charge is 0.398 e. The number of thiazole rings is 1. The van der Waals surface area contributed by atoms with Gasteiger partial charge in [0.2, 0.25) is 0 Å². The Kier molecular flexibility index (Phi) is 6.10. The van der Waals surface area contributed by atoms with Crippen LogP contribution in [-0.2, 0) is 6.54 Å². The number of amides is 2. The topological polar surface area (TPSA) is 80.0 Å². The molecule has 0 bridgehead atoms. The fourth-order valence-corrected chi connectivity index (χ4v) is 4.90. The lowest BCUT2D eigenvalue weighted by Gasteiger charge is -2.18. The number of benzene rings is 2. The second-order valence-electron chi connectivity index (χ2n) is 7.49. The SMILES string of the molecule is Nc1cc(NC(=O)NCc2ccccc2)ccc1-c1cnc(C2CCCCC2)s1. The van der Waals surface area contributed by atoms with Crippen LogP contribution in [-0.4, -0.2) is 11.0 Å². The maximum Gasteiger partial charge on any atom is 0.319 e. The average Bonchev–Trinajstić information content (AvgIpc) is 3.24. The lowest BCUT2D eigenvalue weighted by Crippen LogP contribution is -2.28. The normalized spacial score (nSPS) is 14.5. The third-order valence-corrected chi connectivity index (χ3v) is 6.54. The minimum Gasteiger partial charge on any atom is -0.398 e. The Morgan fingerprint density at radius 2 is 1.90 bits per heavy atom. The molecule has 0 spiro atoms. The van der Waals surface area contributed by atoms with Gasteiger partial charge in [0.05, 0.1) is 9.88 Å². The van der Waals surface area contributed by atoms with E-state index < -0.39 is 0 Å². The number of carbonyl (C=O) groups excluding carboxylic acids is 1. The number of nitrogen functional groups attached to an aromatic ring is 1. The highest BCUT2D eigenvalue weighted by molar-refractivity contribution is 7.15. The first kappa shape index (κ1) is 19.5. The van der Waals surface area contributed by atoms with Crippen LogP contribution in [0.2, 0.25) is 0 Å². The molecule has 0 saturated heterocycles. The van der Waals surface area contributed by atoms with Crippen molar-refractivity contribution < 1.29 is 4.79 Å². The first-order valence-electron chi connectivity index (χ1n) is 10.1. The molecule has 2 amide bonds. The minimum absolute atomic E-state index is 0.252. The van der Waals surface area contributed by atoms with Crippen LogP contribution in [0.15, 0.2) is 54.7 Å². The molecule has 6 heteroatoms. The average molecular weight is 407 g/mol. The summed E-state index contributed by atoms with van der Waals surface area (Å²) in [6.07, 6.45) is 8.35. The Morgan fingerprint density at radius 3 is 2.66 bits per heavy atom. The summed E-state index contributed by atoms with van der Waals surface area (Å²) in [6, 6.07) is 15.2. The summed E-state index contributed by atoms with van der Waals surface area (Å²) in [5, 5.41) is 6.92. The van der Waals surface area contributed by atoms with E-state index in [1.807, 2.05) is 48.7 Å². The fraction of sp³-hybridized carbons (Fsp3) is 0.304. The van der Waals surface area contributed by atoms with E-state index in [-0.39, 0.29) is 6.03 Å². The molecule has 3 aromatic rings. The van der Waals surface area contributed by atoms with E-state index in [4.69, 9.17) is 5.73 Å². The molecule has 29 heavy (non-hydrogen) atoms. The minimum atomic E-state index is -0.252. The van der Waals surface area contributed by atoms with Crippen LogP contribution >= 0.6 is 11.3 Å². The van der Waals surface area contributed by atoms with Crippen LogP contribution in [0.3, 0.4) is 0 Å². The lowest BCUT2D eigenvalue weighted by atomic mass is 9.90. The fourth-order valence-electron chi connectivity index (χ4n) is 3.77. The predicted molar refractivity (Wildman–Crippen MR) is 120 cm³/mol. The molecule has 2 aromatic carbocycles. The molecule has 5 nitrogen and oxygen atoms in total. The Labute approximate surface area is 175 Å². The molecule has 1 heterocycles. The number of nitrogens with zero attached hydrogens (tertiary/aromatic N) is 1. The van der Waals surface area contributed by atoms with Crippen molar-refractivity contribution in [3.63, 3.8) is 0 Å². The molecule has 1 fully saturated rings. The van der Waals surface area contributed by atoms with E-state index in [2.05, 4.69) is 15.6 Å². The summed E-state index contributed by atoms with van der Waals surface area (Å²) in [4.78, 5) is 17.9. The van der Waals surface area contributed by atoms with E-state index in [1.165, 1.54) is 37.1 Å². The molecule has 1 aliphatic carbocycles. The van der Waals surface area contributed by atoms with Gasteiger partial charge in [-0.2, -0.15) is 0 Å². The monoisotopic (exact) mass is 406 g/mol. The Bertz CT molecular complexity index is 964. The van der Waals surface area contributed by atoms with Crippen molar-refractivity contribution in [3.05, 3.63) is 65.3 Å². The van der Waals surface area contributed by atoms with Gasteiger partial charge in [-0.1, -0.05) is 49.6 Å². The van der Waals surface area contributed by atoms with E-state index in [0.29, 0.717) is 23.8 Å². The van der Waals surface area contributed by atoms with Crippen LogP contribution in [0.4, 0.5) is 16.2 Å². The van der Waals surface area contributed by atoms with Crippen LogP contribution < -0.4 is 16.4 Å². The van der Waals surface area contributed by atoms with Crippen molar-refractivity contribution in [2.24, 2.45) is 0 Å². The molecule has 0 aliphatic heterocycles. The quantitative estimate of drug-likeness (QED) is 0.471. The number of rotatable bonds is 5. The number of hydrogen-bond acceptors (Lipinski definition) is 4. The molecule has 0 radical (unpaired) electrons. The maximum atomic E-state index is 12.2. The smallest absolute Gasteiger partial charge is 0.319 e. The molecule has 1 saturated carbocycles. The highest BCUT2D eigenvalue weighted by Gasteiger charge is 2.19. The number of carbonyl (C=O) groups is 1. The Morgan fingerprint density at radius 1 is 1.10 bits per heavy atom. The number of aromatic nitrogens is 1. The molecule has 4 rings (SSSR count). The van der Waals surface area contributed by atoms with E-state index >= 15 is 0 Å². The third kappa shape index (κ3) is 4.95. The van der Waals surface area contributed by atoms with Gasteiger partial charge >= 0.3 is 6.03 Å². The van der Waals surface area contributed by atoms with Crippen molar-refractivity contribution >= 4 is 28.7 Å². The number of hydrogen-bond donors (Lipinski definition) is 3. The molecule has 4 N–H and O–H groups in total. The van der Waals surface area contributed by atoms with Crippen molar-refractivity contribution in [2.45, 2.75) is 44.6 Å². The summed E-state index contributed by atoms with van der Waals surface area (Å²) in [5.74, 6) is 0.595. The Balaban J connectivity index is 1.39. The summed E-state index contributed by atoms with van der Waals surface area (Å²) < 4.78 is 0. The van der Waals surface area contributed by atoms with Crippen LogP contribution in [0.1, 0.15) is 48.6 Å². The van der Waals surface area contributed by atoms with Gasteiger partial charge in [0.15, 0.2) is 0 Å². The van der Waals surface area contributed by atoms with Gasteiger partial charge in [-0.05, 0) is 36.6 Å². The van der Waals surface area contributed by atoms with Crippen LogP contribution in [0, 0.1) is 0 Å². The first-order chi connectivity index (χ1) is 14.2. The van der Waals surface area contributed by atoms with Gasteiger partial charge < -0.3 is 16.4 Å². The predicted octanol–water partition coefficient (Wildman–Crippen LogP) is 5.76. The van der Waals surface area contributed by atoms with Crippen LogP contribution in [0.25, 0.3) is 10.4 Å². The van der Waals surface area contributed by atoms with Gasteiger partial charge in [-0.15, -0.1) is 11.3 Å². The van der Waals surface area contributed by atoms with Gasteiger partial charge in [0.1, 0.15) is 0 Å². The van der Waals surface area contributed by atoms with E-state index in [9.17, 15) is 4.79 Å². The second-order valence-corrected chi connectivity index (χ2v) is 8.56. The molecular formula is C23H26N4OS. The van der Waals surface area contributed by atoms with Gasteiger partial charge in [0.25, 0.3) is 0 Å². The second kappa shape index (κ2) is 9.09. The van der Waals surface area contributed by atoms with Gasteiger partial charge in [-0.25, -0.2) is 9.78 Å². The summed E-state index contributed by atoms with van der Waals surface area (Å²) in [7, 11) is 0. The molecule has 1 aromatic heterocycles. The van der Waals surface area contributed by atoms with E-state index in [0.717, 1.165) is 16.0 Å². The molecule has 150 valence electrons. The molecule has 0 atom stereocenters.